The summed E-state index contributed by atoms with van der Waals surface area (Å²) in [6.45, 7) is 0.434. The standard InChI is InChI=1S/C15H12ClFN2O/c16-13-5-10(7-18)2-4-15(13)20-9-12-3-1-11(8-19)6-14(12)17/h1-6H,7,9,18H2. The van der Waals surface area contributed by atoms with Crippen LogP contribution < -0.4 is 10.5 Å². The highest BCUT2D eigenvalue weighted by atomic mass is 35.5. The Morgan fingerprint density at radius 1 is 1.25 bits per heavy atom. The first kappa shape index (κ1) is 14.3. The fraction of sp³-hybridized carbons (Fsp3) is 0.133. The van der Waals surface area contributed by atoms with E-state index < -0.39 is 5.82 Å². The molecule has 20 heavy (non-hydrogen) atoms. The van der Waals surface area contributed by atoms with Crippen molar-refractivity contribution in [1.82, 2.24) is 0 Å². The Morgan fingerprint density at radius 2 is 2.05 bits per heavy atom. The van der Waals surface area contributed by atoms with Crippen LogP contribution in [0.4, 0.5) is 4.39 Å². The predicted molar refractivity (Wildman–Crippen MR) is 74.8 cm³/mol. The van der Waals surface area contributed by atoms with Crippen molar-refractivity contribution < 1.29 is 9.13 Å². The van der Waals surface area contributed by atoms with Gasteiger partial charge in [0.25, 0.3) is 0 Å². The molecule has 0 aliphatic heterocycles. The van der Waals surface area contributed by atoms with Gasteiger partial charge in [0, 0.05) is 12.1 Å². The van der Waals surface area contributed by atoms with Gasteiger partial charge in [-0.25, -0.2) is 4.39 Å². The van der Waals surface area contributed by atoms with Crippen molar-refractivity contribution >= 4 is 11.6 Å². The van der Waals surface area contributed by atoms with Crippen molar-refractivity contribution in [3.8, 4) is 11.8 Å². The summed E-state index contributed by atoms with van der Waals surface area (Å²) in [5, 5.41) is 9.10. The van der Waals surface area contributed by atoms with Crippen molar-refractivity contribution in [1.29, 1.82) is 5.26 Å². The fourth-order valence-corrected chi connectivity index (χ4v) is 1.94. The number of benzene rings is 2. The minimum atomic E-state index is -0.473. The van der Waals surface area contributed by atoms with Gasteiger partial charge in [0.05, 0.1) is 16.7 Å². The SMILES string of the molecule is N#Cc1ccc(COc2ccc(CN)cc2Cl)c(F)c1. The number of halogens is 2. The number of hydrogen-bond acceptors (Lipinski definition) is 3. The third-order valence-electron chi connectivity index (χ3n) is 2.80. The normalized spacial score (nSPS) is 10.1. The van der Waals surface area contributed by atoms with Gasteiger partial charge in [-0.2, -0.15) is 5.26 Å². The minimum Gasteiger partial charge on any atom is -0.487 e. The first-order valence-corrected chi connectivity index (χ1v) is 6.31. The molecule has 0 aliphatic rings. The Balaban J connectivity index is 2.11. The molecule has 0 bridgehead atoms. The van der Waals surface area contributed by atoms with E-state index in [0.29, 0.717) is 22.9 Å². The molecular weight excluding hydrogens is 279 g/mol. The molecule has 0 saturated carbocycles. The first-order valence-electron chi connectivity index (χ1n) is 5.94. The summed E-state index contributed by atoms with van der Waals surface area (Å²) in [7, 11) is 0. The van der Waals surface area contributed by atoms with Crippen LogP contribution in [0, 0.1) is 17.1 Å². The maximum Gasteiger partial charge on any atom is 0.138 e. The highest BCUT2D eigenvalue weighted by Crippen LogP contribution is 2.26. The van der Waals surface area contributed by atoms with E-state index in [2.05, 4.69) is 0 Å². The van der Waals surface area contributed by atoms with E-state index in [1.54, 1.807) is 24.3 Å². The molecule has 2 N–H and O–H groups in total. The molecule has 2 aromatic carbocycles. The lowest BCUT2D eigenvalue weighted by atomic mass is 10.1. The molecule has 0 unspecified atom stereocenters. The summed E-state index contributed by atoms with van der Waals surface area (Å²) in [6, 6.07) is 11.3. The zero-order valence-corrected chi connectivity index (χ0v) is 11.3. The van der Waals surface area contributed by atoms with Gasteiger partial charge in [0.2, 0.25) is 0 Å². The van der Waals surface area contributed by atoms with Gasteiger partial charge >= 0.3 is 0 Å². The van der Waals surface area contributed by atoms with Crippen LogP contribution >= 0.6 is 11.6 Å². The van der Waals surface area contributed by atoms with Crippen molar-refractivity contribution in [3.63, 3.8) is 0 Å². The molecule has 0 aromatic heterocycles. The average Bonchev–Trinajstić information content (AvgIpc) is 2.46. The molecule has 102 valence electrons. The molecule has 0 atom stereocenters. The zero-order chi connectivity index (χ0) is 14.5. The Hall–Kier alpha value is -2.09. The second-order valence-electron chi connectivity index (χ2n) is 4.18. The highest BCUT2D eigenvalue weighted by Gasteiger charge is 2.07. The lowest BCUT2D eigenvalue weighted by molar-refractivity contribution is 0.300. The quantitative estimate of drug-likeness (QED) is 0.939. The van der Waals surface area contributed by atoms with E-state index in [0.717, 1.165) is 5.56 Å². The van der Waals surface area contributed by atoms with E-state index >= 15 is 0 Å². The Bertz CT molecular complexity index is 667. The van der Waals surface area contributed by atoms with E-state index in [-0.39, 0.29) is 12.2 Å². The second kappa shape index (κ2) is 6.38. The summed E-state index contributed by atoms with van der Waals surface area (Å²) < 4.78 is 19.2. The lowest BCUT2D eigenvalue weighted by Gasteiger charge is -2.10. The molecule has 5 heteroatoms. The van der Waals surface area contributed by atoms with Gasteiger partial charge in [-0.15, -0.1) is 0 Å². The monoisotopic (exact) mass is 290 g/mol. The van der Waals surface area contributed by atoms with Crippen molar-refractivity contribution in [2.75, 3.05) is 0 Å². The Labute approximate surface area is 121 Å². The van der Waals surface area contributed by atoms with Gasteiger partial charge in [-0.05, 0) is 29.8 Å². The number of nitrogens with zero attached hydrogens (tertiary/aromatic N) is 1. The van der Waals surface area contributed by atoms with Crippen LogP contribution in [-0.4, -0.2) is 0 Å². The maximum atomic E-state index is 13.7. The number of nitriles is 1. The summed E-state index contributed by atoms with van der Waals surface area (Å²) in [5.74, 6) is -0.00798. The minimum absolute atomic E-state index is 0.0409. The fourth-order valence-electron chi connectivity index (χ4n) is 1.68. The van der Waals surface area contributed by atoms with Crippen LogP contribution in [0.15, 0.2) is 36.4 Å². The largest absolute Gasteiger partial charge is 0.487 e. The van der Waals surface area contributed by atoms with Crippen LogP contribution in [0.2, 0.25) is 5.02 Å². The van der Waals surface area contributed by atoms with Crippen molar-refractivity contribution in [2.45, 2.75) is 13.2 Å². The van der Waals surface area contributed by atoms with Crippen LogP contribution in [-0.2, 0) is 13.2 Å². The summed E-state index contributed by atoms with van der Waals surface area (Å²) in [6.07, 6.45) is 0. The molecule has 2 rings (SSSR count). The summed E-state index contributed by atoms with van der Waals surface area (Å²) in [4.78, 5) is 0. The highest BCUT2D eigenvalue weighted by molar-refractivity contribution is 6.32. The average molecular weight is 291 g/mol. The summed E-state index contributed by atoms with van der Waals surface area (Å²) in [5.41, 5.74) is 7.04. The third-order valence-corrected chi connectivity index (χ3v) is 3.09. The molecule has 0 fully saturated rings. The van der Waals surface area contributed by atoms with Gasteiger partial charge in [-0.1, -0.05) is 23.7 Å². The van der Waals surface area contributed by atoms with Crippen molar-refractivity contribution in [2.24, 2.45) is 5.73 Å². The van der Waals surface area contributed by atoms with Crippen LogP contribution in [0.5, 0.6) is 5.75 Å². The molecule has 3 nitrogen and oxygen atoms in total. The molecule has 2 aromatic rings. The van der Waals surface area contributed by atoms with Crippen LogP contribution in [0.3, 0.4) is 0 Å². The molecule has 0 aliphatic carbocycles. The zero-order valence-electron chi connectivity index (χ0n) is 10.6. The van der Waals surface area contributed by atoms with Gasteiger partial charge in [0.1, 0.15) is 18.2 Å². The smallest absolute Gasteiger partial charge is 0.138 e. The summed E-state index contributed by atoms with van der Waals surface area (Å²) >= 11 is 6.04. The topological polar surface area (TPSA) is 59.0 Å². The van der Waals surface area contributed by atoms with Gasteiger partial charge in [-0.3, -0.25) is 0 Å². The lowest BCUT2D eigenvalue weighted by Crippen LogP contribution is -2.01. The molecule has 0 spiro atoms. The second-order valence-corrected chi connectivity index (χ2v) is 4.58. The predicted octanol–water partition coefficient (Wildman–Crippen LogP) is 3.39. The molecule has 0 amide bonds. The van der Waals surface area contributed by atoms with Crippen LogP contribution in [0.25, 0.3) is 0 Å². The van der Waals surface area contributed by atoms with Gasteiger partial charge in [0.15, 0.2) is 0 Å². The van der Waals surface area contributed by atoms with Crippen molar-refractivity contribution in [3.05, 3.63) is 63.9 Å². The molecule has 0 saturated heterocycles. The maximum absolute atomic E-state index is 13.7. The molecule has 0 heterocycles. The van der Waals surface area contributed by atoms with E-state index in [1.165, 1.54) is 12.1 Å². The number of nitrogens with two attached hydrogens (primary N) is 1. The third kappa shape index (κ3) is 3.27. The molecular formula is C15H12ClFN2O. The van der Waals surface area contributed by atoms with Gasteiger partial charge < -0.3 is 10.5 Å². The van der Waals surface area contributed by atoms with E-state index in [1.807, 2.05) is 6.07 Å². The number of hydrogen-bond donors (Lipinski definition) is 1. The van der Waals surface area contributed by atoms with Crippen LogP contribution in [0.1, 0.15) is 16.7 Å². The Morgan fingerprint density at radius 3 is 2.65 bits per heavy atom. The number of ether oxygens (including phenoxy) is 1. The number of rotatable bonds is 4. The molecule has 0 radical (unpaired) electrons. The Kier molecular flexibility index (Phi) is 4.57. The van der Waals surface area contributed by atoms with E-state index in [9.17, 15) is 4.39 Å². The van der Waals surface area contributed by atoms with E-state index in [4.69, 9.17) is 27.3 Å². The first-order chi connectivity index (χ1) is 9.63.